The number of amides is 1. The van der Waals surface area contributed by atoms with Crippen molar-refractivity contribution in [1.82, 2.24) is 0 Å². The van der Waals surface area contributed by atoms with Gasteiger partial charge in [-0.15, -0.1) is 0 Å². The smallest absolute Gasteiger partial charge is 0.301 e. The third-order valence-electron chi connectivity index (χ3n) is 3.16. The second kappa shape index (κ2) is 5.36. The Bertz CT molecular complexity index is 817. The second-order valence-corrected chi connectivity index (χ2v) is 4.47. The van der Waals surface area contributed by atoms with E-state index in [9.17, 15) is 13.6 Å². The Balaban J connectivity index is 2.14. The molecule has 0 saturated heterocycles. The van der Waals surface area contributed by atoms with E-state index in [2.05, 4.69) is 10.2 Å². The number of nitrogens with two attached hydrogens (primary N) is 1. The first-order valence-electron chi connectivity index (χ1n) is 6.34. The van der Waals surface area contributed by atoms with E-state index < -0.39 is 17.5 Å². The largest absolute Gasteiger partial charge is 0.322 e. The number of carbonyl (C=O) groups is 1. The molecule has 0 fully saturated rings. The van der Waals surface area contributed by atoms with Crippen LogP contribution in [-0.2, 0) is 4.79 Å². The van der Waals surface area contributed by atoms with Crippen LogP contribution in [0.1, 0.15) is 5.56 Å². The summed E-state index contributed by atoms with van der Waals surface area (Å²) in [6, 6.07) is 11.4. The minimum atomic E-state index is -0.717. The van der Waals surface area contributed by atoms with Crippen LogP contribution in [0.4, 0.5) is 14.5 Å². The molecule has 2 aromatic rings. The van der Waals surface area contributed by atoms with E-state index in [1.165, 1.54) is 36.4 Å². The quantitative estimate of drug-likeness (QED) is 0.681. The zero-order chi connectivity index (χ0) is 15.7. The van der Waals surface area contributed by atoms with E-state index >= 15 is 0 Å². The minimum absolute atomic E-state index is 0.0335. The Hall–Kier alpha value is -3.09. The van der Waals surface area contributed by atoms with Crippen molar-refractivity contribution in [2.45, 2.75) is 0 Å². The average molecular weight is 300 g/mol. The summed E-state index contributed by atoms with van der Waals surface area (Å²) in [4.78, 5) is 12.3. The summed E-state index contributed by atoms with van der Waals surface area (Å²) in [5.41, 5.74) is -0.249. The first-order chi connectivity index (χ1) is 10.6. The Morgan fingerprint density at radius 2 is 1.64 bits per heavy atom. The number of carbonyl (C=O) groups excluding carboxylic acids is 1. The maximum atomic E-state index is 13.9. The highest BCUT2D eigenvalue weighted by molar-refractivity contribution is 6.74. The summed E-state index contributed by atoms with van der Waals surface area (Å²) < 4.78 is 27.8. The number of halogens is 2. The average Bonchev–Trinajstić information content (AvgIpc) is 2.85. The zero-order valence-electron chi connectivity index (χ0n) is 11.2. The summed E-state index contributed by atoms with van der Waals surface area (Å²) in [5, 5.41) is 8.19. The predicted octanol–water partition coefficient (Wildman–Crippen LogP) is 2.03. The van der Waals surface area contributed by atoms with Gasteiger partial charge >= 0.3 is 5.91 Å². The first-order valence-corrected chi connectivity index (χ1v) is 6.34. The lowest BCUT2D eigenvalue weighted by atomic mass is 10.1. The number of hydrazone groups is 2. The Morgan fingerprint density at radius 1 is 1.00 bits per heavy atom. The molecule has 0 bridgehead atoms. The topological polar surface area (TPSA) is 71.0 Å². The summed E-state index contributed by atoms with van der Waals surface area (Å²) >= 11 is 0. The highest BCUT2D eigenvalue weighted by Gasteiger charge is 2.35. The van der Waals surface area contributed by atoms with Gasteiger partial charge in [-0.2, -0.15) is 15.2 Å². The SMILES string of the molecule is NN=C1C(=O)N(c2ccccc2F)N=C1c1ccccc1F. The number of hydrogen-bond donors (Lipinski definition) is 1. The molecule has 1 aliphatic heterocycles. The molecular formula is C15H10F2N4O. The molecule has 3 rings (SSSR count). The van der Waals surface area contributed by atoms with Crippen molar-refractivity contribution in [1.29, 1.82) is 0 Å². The van der Waals surface area contributed by atoms with Gasteiger partial charge in [-0.05, 0) is 24.3 Å². The molecule has 1 aliphatic rings. The van der Waals surface area contributed by atoms with Crippen molar-refractivity contribution in [3.63, 3.8) is 0 Å². The fourth-order valence-corrected chi connectivity index (χ4v) is 2.13. The molecule has 0 saturated carbocycles. The van der Waals surface area contributed by atoms with Gasteiger partial charge < -0.3 is 5.84 Å². The van der Waals surface area contributed by atoms with E-state index in [-0.39, 0.29) is 22.7 Å². The number of nitrogens with zero attached hydrogens (tertiary/aromatic N) is 3. The molecule has 1 heterocycles. The van der Waals surface area contributed by atoms with Crippen molar-refractivity contribution in [2.24, 2.45) is 16.0 Å². The van der Waals surface area contributed by atoms with Crippen LogP contribution in [0.5, 0.6) is 0 Å². The Labute approximate surface area is 124 Å². The maximum absolute atomic E-state index is 13.9. The summed E-state index contributed by atoms with van der Waals surface area (Å²) in [6.45, 7) is 0. The van der Waals surface area contributed by atoms with Crippen molar-refractivity contribution in [3.05, 3.63) is 65.7 Å². The van der Waals surface area contributed by atoms with Gasteiger partial charge in [0, 0.05) is 5.56 Å². The second-order valence-electron chi connectivity index (χ2n) is 4.47. The molecule has 0 radical (unpaired) electrons. The van der Waals surface area contributed by atoms with E-state index in [4.69, 9.17) is 5.84 Å². The third kappa shape index (κ3) is 2.12. The lowest BCUT2D eigenvalue weighted by Gasteiger charge is -2.11. The summed E-state index contributed by atoms with van der Waals surface area (Å²) in [7, 11) is 0. The van der Waals surface area contributed by atoms with Crippen LogP contribution in [0.3, 0.4) is 0 Å². The van der Waals surface area contributed by atoms with Crippen LogP contribution in [0.25, 0.3) is 0 Å². The van der Waals surface area contributed by atoms with Crippen molar-refractivity contribution in [3.8, 4) is 0 Å². The molecule has 2 aromatic carbocycles. The monoisotopic (exact) mass is 300 g/mol. The van der Waals surface area contributed by atoms with Gasteiger partial charge in [-0.25, -0.2) is 8.78 Å². The van der Waals surface area contributed by atoms with Gasteiger partial charge in [0.05, 0.1) is 0 Å². The number of rotatable bonds is 2. The Morgan fingerprint density at radius 3 is 2.27 bits per heavy atom. The van der Waals surface area contributed by atoms with Gasteiger partial charge in [0.15, 0.2) is 5.71 Å². The summed E-state index contributed by atoms with van der Waals surface area (Å²) in [6.07, 6.45) is 0. The standard InChI is InChI=1S/C15H10F2N4O/c16-10-6-2-1-5-9(10)13-14(19-18)15(22)21(20-13)12-8-4-3-7-11(12)17/h1-8H,18H2. The van der Waals surface area contributed by atoms with Gasteiger partial charge in [-0.3, -0.25) is 4.79 Å². The van der Waals surface area contributed by atoms with Crippen LogP contribution in [0.15, 0.2) is 58.7 Å². The molecule has 0 spiro atoms. The van der Waals surface area contributed by atoms with Crippen LogP contribution in [0.2, 0.25) is 0 Å². The van der Waals surface area contributed by atoms with Gasteiger partial charge in [-0.1, -0.05) is 24.3 Å². The highest BCUT2D eigenvalue weighted by Crippen LogP contribution is 2.25. The van der Waals surface area contributed by atoms with E-state index in [1.807, 2.05) is 0 Å². The third-order valence-corrected chi connectivity index (χ3v) is 3.16. The number of para-hydroxylation sites is 1. The maximum Gasteiger partial charge on any atom is 0.301 e. The summed E-state index contributed by atoms with van der Waals surface area (Å²) in [5.74, 6) is 3.30. The van der Waals surface area contributed by atoms with E-state index in [1.54, 1.807) is 12.1 Å². The van der Waals surface area contributed by atoms with E-state index in [0.29, 0.717) is 0 Å². The number of benzene rings is 2. The van der Waals surface area contributed by atoms with E-state index in [0.717, 1.165) is 5.01 Å². The van der Waals surface area contributed by atoms with Crippen molar-refractivity contribution in [2.75, 3.05) is 5.01 Å². The normalized spacial score (nSPS) is 16.3. The van der Waals surface area contributed by atoms with Gasteiger partial charge in [0.2, 0.25) is 0 Å². The molecule has 0 unspecified atom stereocenters. The first kappa shape index (κ1) is 13.9. The minimum Gasteiger partial charge on any atom is -0.322 e. The fraction of sp³-hybridized carbons (Fsp3) is 0. The molecule has 2 N–H and O–H groups in total. The highest BCUT2D eigenvalue weighted by atomic mass is 19.1. The van der Waals surface area contributed by atoms with Crippen molar-refractivity contribution >= 4 is 23.0 Å². The predicted molar refractivity (Wildman–Crippen MR) is 78.4 cm³/mol. The molecule has 1 amide bonds. The molecular weight excluding hydrogens is 290 g/mol. The van der Waals surface area contributed by atoms with Gasteiger partial charge in [0.1, 0.15) is 23.0 Å². The van der Waals surface area contributed by atoms with Crippen LogP contribution >= 0.6 is 0 Å². The zero-order valence-corrected chi connectivity index (χ0v) is 11.2. The molecule has 0 aliphatic carbocycles. The molecule has 5 nitrogen and oxygen atoms in total. The molecule has 0 aromatic heterocycles. The molecule has 0 atom stereocenters. The molecule has 7 heteroatoms. The van der Waals surface area contributed by atoms with Crippen LogP contribution in [0, 0.1) is 11.6 Å². The van der Waals surface area contributed by atoms with Crippen LogP contribution in [-0.4, -0.2) is 17.3 Å². The van der Waals surface area contributed by atoms with Gasteiger partial charge in [0.25, 0.3) is 0 Å². The molecule has 110 valence electrons. The fourth-order valence-electron chi connectivity index (χ4n) is 2.13. The van der Waals surface area contributed by atoms with Crippen molar-refractivity contribution < 1.29 is 13.6 Å². The Kier molecular flexibility index (Phi) is 3.38. The number of anilines is 1. The lowest BCUT2D eigenvalue weighted by molar-refractivity contribution is -0.112. The van der Waals surface area contributed by atoms with Crippen LogP contribution < -0.4 is 10.9 Å². The molecule has 22 heavy (non-hydrogen) atoms. The lowest BCUT2D eigenvalue weighted by Crippen LogP contribution is -2.29. The number of hydrogen-bond acceptors (Lipinski definition) is 4.